The maximum Gasteiger partial charge on any atom is 0.0257 e. The van der Waals surface area contributed by atoms with Gasteiger partial charge in [-0.05, 0) is 81.3 Å². The second-order valence-electron chi connectivity index (χ2n) is 12.3. The quantitative estimate of drug-likeness (QED) is 0.572. The molecule has 2 rings (SSSR count). The molecule has 0 aliphatic carbocycles. The standard InChI is InChI=1S/C24H50N4/c1-21(2)17-27(18-22(3,4)25-21)15-13-11-9-10-12-14-16-28-19-23(5,6)26-24(7,8)20-28/h25-26H,9-20H2,1-8H3. The third-order valence-electron chi connectivity index (χ3n) is 6.03. The van der Waals surface area contributed by atoms with Crippen LogP contribution in [0.2, 0.25) is 0 Å². The van der Waals surface area contributed by atoms with Gasteiger partial charge >= 0.3 is 0 Å². The summed E-state index contributed by atoms with van der Waals surface area (Å²) in [5.74, 6) is 0. The van der Waals surface area contributed by atoms with E-state index in [0.29, 0.717) is 0 Å². The van der Waals surface area contributed by atoms with Gasteiger partial charge in [-0.25, -0.2) is 0 Å². The van der Waals surface area contributed by atoms with Gasteiger partial charge in [-0.1, -0.05) is 25.7 Å². The van der Waals surface area contributed by atoms with Crippen molar-refractivity contribution >= 4 is 0 Å². The Balaban J connectivity index is 1.53. The van der Waals surface area contributed by atoms with Crippen LogP contribution in [0, 0.1) is 0 Å². The number of piperazine rings is 2. The van der Waals surface area contributed by atoms with Gasteiger partial charge in [0.1, 0.15) is 0 Å². The minimum Gasteiger partial charge on any atom is -0.304 e. The topological polar surface area (TPSA) is 30.5 Å². The minimum atomic E-state index is 0.231. The maximum absolute atomic E-state index is 3.77. The van der Waals surface area contributed by atoms with Crippen molar-refractivity contribution in [1.82, 2.24) is 20.4 Å². The van der Waals surface area contributed by atoms with E-state index in [1.165, 1.54) is 77.8 Å². The molecule has 166 valence electrons. The molecule has 0 amide bonds. The Hall–Kier alpha value is -0.160. The van der Waals surface area contributed by atoms with Gasteiger partial charge in [0.15, 0.2) is 0 Å². The van der Waals surface area contributed by atoms with Crippen LogP contribution in [-0.4, -0.2) is 71.2 Å². The van der Waals surface area contributed by atoms with Crippen molar-refractivity contribution in [2.45, 2.75) is 116 Å². The average molecular weight is 395 g/mol. The molecule has 4 nitrogen and oxygen atoms in total. The van der Waals surface area contributed by atoms with Crippen LogP contribution in [-0.2, 0) is 0 Å². The lowest BCUT2D eigenvalue weighted by Gasteiger charge is -2.48. The fraction of sp³-hybridized carbons (Fsp3) is 1.00. The van der Waals surface area contributed by atoms with E-state index in [1.807, 2.05) is 0 Å². The third-order valence-corrected chi connectivity index (χ3v) is 6.03. The van der Waals surface area contributed by atoms with E-state index in [2.05, 4.69) is 75.8 Å². The summed E-state index contributed by atoms with van der Waals surface area (Å²) in [6, 6.07) is 0. The third kappa shape index (κ3) is 8.69. The summed E-state index contributed by atoms with van der Waals surface area (Å²) in [5.41, 5.74) is 0.924. The van der Waals surface area contributed by atoms with Crippen LogP contribution in [0.4, 0.5) is 0 Å². The molecule has 2 aliphatic rings. The van der Waals surface area contributed by atoms with E-state index < -0.39 is 0 Å². The highest BCUT2D eigenvalue weighted by Crippen LogP contribution is 2.22. The fourth-order valence-corrected chi connectivity index (χ4v) is 6.03. The summed E-state index contributed by atoms with van der Waals surface area (Å²) >= 11 is 0. The Morgan fingerprint density at radius 2 is 0.714 bits per heavy atom. The average Bonchev–Trinajstić information content (AvgIpc) is 2.43. The van der Waals surface area contributed by atoms with Gasteiger partial charge in [0.05, 0.1) is 0 Å². The molecule has 4 heteroatoms. The molecule has 2 heterocycles. The first kappa shape index (κ1) is 24.1. The Kier molecular flexibility index (Phi) is 8.03. The Labute approximate surface area is 176 Å². The number of hydrogen-bond donors (Lipinski definition) is 2. The normalized spacial score (nSPS) is 27.0. The van der Waals surface area contributed by atoms with Crippen LogP contribution in [0.25, 0.3) is 0 Å². The van der Waals surface area contributed by atoms with E-state index in [1.54, 1.807) is 0 Å². The summed E-state index contributed by atoms with van der Waals surface area (Å²) in [7, 11) is 0. The fourth-order valence-electron chi connectivity index (χ4n) is 6.03. The number of unbranched alkanes of at least 4 members (excludes halogenated alkanes) is 5. The zero-order chi connectivity index (χ0) is 21.1. The van der Waals surface area contributed by atoms with Crippen molar-refractivity contribution in [3.8, 4) is 0 Å². The Morgan fingerprint density at radius 3 is 1.00 bits per heavy atom. The Morgan fingerprint density at radius 1 is 0.464 bits per heavy atom. The van der Waals surface area contributed by atoms with Crippen molar-refractivity contribution in [2.24, 2.45) is 0 Å². The van der Waals surface area contributed by atoms with Crippen molar-refractivity contribution < 1.29 is 0 Å². The van der Waals surface area contributed by atoms with Crippen molar-refractivity contribution in [2.75, 3.05) is 39.3 Å². The van der Waals surface area contributed by atoms with E-state index in [-0.39, 0.29) is 22.2 Å². The number of rotatable bonds is 9. The van der Waals surface area contributed by atoms with Gasteiger partial charge in [-0.15, -0.1) is 0 Å². The van der Waals surface area contributed by atoms with Gasteiger partial charge in [-0.3, -0.25) is 9.80 Å². The highest BCUT2D eigenvalue weighted by atomic mass is 15.3. The highest BCUT2D eigenvalue weighted by Gasteiger charge is 2.36. The first-order valence-electron chi connectivity index (χ1n) is 11.8. The van der Waals surface area contributed by atoms with E-state index in [4.69, 9.17) is 0 Å². The number of hydrogen-bond acceptors (Lipinski definition) is 4. The first-order chi connectivity index (χ1) is 12.8. The largest absolute Gasteiger partial charge is 0.304 e. The lowest BCUT2D eigenvalue weighted by Crippen LogP contribution is -2.66. The van der Waals surface area contributed by atoms with Crippen LogP contribution < -0.4 is 10.6 Å². The molecule has 2 saturated heterocycles. The van der Waals surface area contributed by atoms with E-state index >= 15 is 0 Å². The van der Waals surface area contributed by atoms with Gasteiger partial charge in [-0.2, -0.15) is 0 Å². The zero-order valence-electron chi connectivity index (χ0n) is 20.4. The second kappa shape index (κ2) is 9.32. The molecule has 0 aromatic rings. The molecular formula is C24H50N4. The number of nitrogens with one attached hydrogen (secondary N) is 2. The van der Waals surface area contributed by atoms with Gasteiger partial charge < -0.3 is 10.6 Å². The molecule has 0 aromatic carbocycles. The minimum absolute atomic E-state index is 0.231. The monoisotopic (exact) mass is 394 g/mol. The lowest BCUT2D eigenvalue weighted by molar-refractivity contribution is 0.0758. The molecule has 0 unspecified atom stereocenters. The highest BCUT2D eigenvalue weighted by molar-refractivity contribution is 4.98. The van der Waals surface area contributed by atoms with Gasteiger partial charge in [0.25, 0.3) is 0 Å². The second-order valence-corrected chi connectivity index (χ2v) is 12.3. The molecule has 0 atom stereocenters. The Bertz CT molecular complexity index is 405. The van der Waals surface area contributed by atoms with Crippen LogP contribution in [0.1, 0.15) is 93.9 Å². The predicted molar refractivity (Wildman–Crippen MR) is 123 cm³/mol. The summed E-state index contributed by atoms with van der Waals surface area (Å²) in [5, 5.41) is 7.55. The molecule has 28 heavy (non-hydrogen) atoms. The molecule has 0 saturated carbocycles. The van der Waals surface area contributed by atoms with Crippen molar-refractivity contribution in [3.05, 3.63) is 0 Å². The molecule has 0 bridgehead atoms. The number of nitrogens with zero attached hydrogens (tertiary/aromatic N) is 2. The molecule has 0 aromatic heterocycles. The van der Waals surface area contributed by atoms with Crippen LogP contribution in [0.3, 0.4) is 0 Å². The van der Waals surface area contributed by atoms with Gasteiger partial charge in [0.2, 0.25) is 0 Å². The molecule has 0 spiro atoms. The summed E-state index contributed by atoms with van der Waals surface area (Å²) in [6.07, 6.45) is 8.28. The molecule has 0 radical (unpaired) electrons. The maximum atomic E-state index is 3.77. The van der Waals surface area contributed by atoms with E-state index in [0.717, 1.165) is 0 Å². The van der Waals surface area contributed by atoms with Crippen molar-refractivity contribution in [1.29, 1.82) is 0 Å². The summed E-state index contributed by atoms with van der Waals surface area (Å²) in [4.78, 5) is 5.34. The summed E-state index contributed by atoms with van der Waals surface area (Å²) in [6.45, 7) is 25.9. The predicted octanol–water partition coefficient (Wildman–Crippen LogP) is 4.25. The van der Waals surface area contributed by atoms with Crippen LogP contribution in [0.5, 0.6) is 0 Å². The summed E-state index contributed by atoms with van der Waals surface area (Å²) < 4.78 is 0. The van der Waals surface area contributed by atoms with Gasteiger partial charge in [0, 0.05) is 48.3 Å². The van der Waals surface area contributed by atoms with E-state index in [9.17, 15) is 0 Å². The molecule has 2 fully saturated rings. The SMILES string of the molecule is CC1(C)CN(CCCCCCCCN2CC(C)(C)NC(C)(C)C2)CC(C)(C)N1. The molecule has 2 aliphatic heterocycles. The zero-order valence-corrected chi connectivity index (χ0v) is 20.4. The van der Waals surface area contributed by atoms with Crippen LogP contribution >= 0.6 is 0 Å². The van der Waals surface area contributed by atoms with Crippen LogP contribution in [0.15, 0.2) is 0 Å². The first-order valence-corrected chi connectivity index (χ1v) is 11.8. The lowest BCUT2D eigenvalue weighted by atomic mass is 9.91. The molecular weight excluding hydrogens is 344 g/mol. The smallest absolute Gasteiger partial charge is 0.0257 e. The molecule has 2 N–H and O–H groups in total. The van der Waals surface area contributed by atoms with Crippen molar-refractivity contribution in [3.63, 3.8) is 0 Å².